The highest BCUT2D eigenvalue weighted by Crippen LogP contribution is 2.31. The summed E-state index contributed by atoms with van der Waals surface area (Å²) in [4.78, 5) is 16.7. The van der Waals surface area contributed by atoms with E-state index < -0.39 is 0 Å². The van der Waals surface area contributed by atoms with Crippen molar-refractivity contribution in [1.82, 2.24) is 14.7 Å². The van der Waals surface area contributed by atoms with Crippen molar-refractivity contribution in [3.05, 3.63) is 76.5 Å². The number of hydrogen-bond acceptors (Lipinski definition) is 5. The summed E-state index contributed by atoms with van der Waals surface area (Å²) in [5, 5.41) is 8.46. The van der Waals surface area contributed by atoms with Gasteiger partial charge in [-0.15, -0.1) is 11.3 Å². The van der Waals surface area contributed by atoms with Gasteiger partial charge in [-0.25, -0.2) is 9.07 Å². The molecule has 0 atom stereocenters. The van der Waals surface area contributed by atoms with Crippen LogP contribution in [0.4, 0.5) is 10.1 Å². The second-order valence-electron chi connectivity index (χ2n) is 7.84. The predicted molar refractivity (Wildman–Crippen MR) is 124 cm³/mol. The molecule has 1 aliphatic rings. The molecule has 6 nitrogen and oxygen atoms in total. The molecular weight excluding hydrogens is 427 g/mol. The summed E-state index contributed by atoms with van der Waals surface area (Å²) >= 11 is 1.37. The van der Waals surface area contributed by atoms with Gasteiger partial charge in [0.15, 0.2) is 0 Å². The first-order valence-corrected chi connectivity index (χ1v) is 11.3. The summed E-state index contributed by atoms with van der Waals surface area (Å²) in [7, 11) is 0. The van der Waals surface area contributed by atoms with E-state index in [0.29, 0.717) is 4.88 Å². The molecule has 4 aromatic rings. The molecule has 0 bridgehead atoms. The Kier molecular flexibility index (Phi) is 5.73. The molecule has 5 rings (SSSR count). The summed E-state index contributed by atoms with van der Waals surface area (Å²) in [5.41, 5.74) is 3.55. The molecule has 0 saturated carbocycles. The minimum Gasteiger partial charge on any atom is -0.379 e. The van der Waals surface area contributed by atoms with Gasteiger partial charge in [-0.2, -0.15) is 5.10 Å². The number of nitrogens with zero attached hydrogens (tertiary/aromatic N) is 3. The highest BCUT2D eigenvalue weighted by molar-refractivity contribution is 7.20. The molecule has 2 aromatic heterocycles. The van der Waals surface area contributed by atoms with Crippen LogP contribution in [0.15, 0.2) is 54.6 Å². The molecule has 0 spiro atoms. The molecule has 1 fully saturated rings. The van der Waals surface area contributed by atoms with E-state index in [4.69, 9.17) is 4.74 Å². The first-order valence-electron chi connectivity index (χ1n) is 10.5. The number of morpholine rings is 1. The summed E-state index contributed by atoms with van der Waals surface area (Å²) in [6.45, 7) is 6.23. The van der Waals surface area contributed by atoms with E-state index in [-0.39, 0.29) is 11.7 Å². The smallest absolute Gasteiger partial charge is 0.265 e. The lowest BCUT2D eigenvalue weighted by atomic mass is 10.2. The number of halogens is 1. The number of anilines is 1. The van der Waals surface area contributed by atoms with Crippen LogP contribution in [0.3, 0.4) is 0 Å². The predicted octanol–water partition coefficient (Wildman–Crippen LogP) is 4.62. The molecular formula is C24H23FN4O2S. The number of ether oxygens (including phenoxy) is 1. The van der Waals surface area contributed by atoms with Crippen LogP contribution >= 0.6 is 11.3 Å². The second-order valence-corrected chi connectivity index (χ2v) is 8.87. The highest BCUT2D eigenvalue weighted by Gasteiger charge is 2.18. The number of amides is 1. The Bertz CT molecular complexity index is 1240. The zero-order chi connectivity index (χ0) is 22.1. The third-order valence-corrected chi connectivity index (χ3v) is 6.67. The molecule has 32 heavy (non-hydrogen) atoms. The number of aromatic nitrogens is 2. The van der Waals surface area contributed by atoms with Gasteiger partial charge >= 0.3 is 0 Å². The van der Waals surface area contributed by atoms with Gasteiger partial charge in [0, 0.05) is 30.7 Å². The number of thiophene rings is 1. The third kappa shape index (κ3) is 4.29. The summed E-state index contributed by atoms with van der Waals surface area (Å²) in [6.07, 6.45) is 0. The highest BCUT2D eigenvalue weighted by atomic mass is 32.1. The Morgan fingerprint density at radius 1 is 1.12 bits per heavy atom. The second kappa shape index (κ2) is 8.82. The Labute approximate surface area is 189 Å². The SMILES string of the molecule is Cc1nn(-c2ccc(F)cc2)c2sc(C(=O)Nc3ccc(CN4CCOCC4)cc3)cc12. The molecule has 1 saturated heterocycles. The lowest BCUT2D eigenvalue weighted by molar-refractivity contribution is 0.0342. The standard InChI is InChI=1S/C24H23FN4O2S/c1-16-21-14-22(32-24(21)29(27-16)20-8-4-18(25)5-9-20)23(30)26-19-6-2-17(3-7-19)15-28-10-12-31-13-11-28/h2-9,14H,10-13,15H2,1H3,(H,26,30). The van der Waals surface area contributed by atoms with Crippen LogP contribution in [0, 0.1) is 12.7 Å². The van der Waals surface area contributed by atoms with Gasteiger partial charge in [0.1, 0.15) is 10.6 Å². The van der Waals surface area contributed by atoms with Crippen molar-refractivity contribution in [2.45, 2.75) is 13.5 Å². The maximum absolute atomic E-state index is 13.3. The topological polar surface area (TPSA) is 59.4 Å². The van der Waals surface area contributed by atoms with Gasteiger partial charge in [-0.05, 0) is 55.0 Å². The minimum atomic E-state index is -0.295. The van der Waals surface area contributed by atoms with Crippen LogP contribution in [0.25, 0.3) is 15.9 Å². The molecule has 164 valence electrons. The largest absolute Gasteiger partial charge is 0.379 e. The Hall–Kier alpha value is -3.07. The molecule has 2 aromatic carbocycles. The molecule has 1 N–H and O–H groups in total. The van der Waals surface area contributed by atoms with Crippen LogP contribution < -0.4 is 5.32 Å². The maximum atomic E-state index is 13.3. The van der Waals surface area contributed by atoms with Gasteiger partial charge in [-0.3, -0.25) is 9.69 Å². The van der Waals surface area contributed by atoms with Crippen molar-refractivity contribution < 1.29 is 13.9 Å². The van der Waals surface area contributed by atoms with Crippen LogP contribution in [0.2, 0.25) is 0 Å². The lowest BCUT2D eigenvalue weighted by Crippen LogP contribution is -2.35. The van der Waals surface area contributed by atoms with Crippen molar-refractivity contribution in [3.8, 4) is 5.69 Å². The molecule has 1 amide bonds. The monoisotopic (exact) mass is 450 g/mol. The number of hydrogen-bond donors (Lipinski definition) is 1. The van der Waals surface area contributed by atoms with E-state index in [1.807, 2.05) is 37.3 Å². The van der Waals surface area contributed by atoms with Crippen molar-refractivity contribution in [2.75, 3.05) is 31.6 Å². The van der Waals surface area contributed by atoms with E-state index in [1.54, 1.807) is 16.8 Å². The molecule has 0 radical (unpaired) electrons. The van der Waals surface area contributed by atoms with Crippen LogP contribution in [-0.4, -0.2) is 46.9 Å². The minimum absolute atomic E-state index is 0.155. The number of nitrogens with one attached hydrogen (secondary N) is 1. The fourth-order valence-corrected chi connectivity index (χ4v) is 4.90. The first kappa shape index (κ1) is 20.8. The number of rotatable bonds is 5. The van der Waals surface area contributed by atoms with Gasteiger partial charge in [0.05, 0.1) is 29.5 Å². The molecule has 1 aliphatic heterocycles. The van der Waals surface area contributed by atoms with Crippen molar-refractivity contribution >= 4 is 33.1 Å². The van der Waals surface area contributed by atoms with Crippen LogP contribution in [0.5, 0.6) is 0 Å². The van der Waals surface area contributed by atoms with E-state index >= 15 is 0 Å². The first-order chi connectivity index (χ1) is 15.6. The fraction of sp³-hybridized carbons (Fsp3) is 0.250. The molecule has 8 heteroatoms. The van der Waals surface area contributed by atoms with E-state index in [0.717, 1.165) is 60.1 Å². The van der Waals surface area contributed by atoms with Crippen LogP contribution in [-0.2, 0) is 11.3 Å². The van der Waals surface area contributed by atoms with Gasteiger partial charge in [0.25, 0.3) is 5.91 Å². The quantitative estimate of drug-likeness (QED) is 0.482. The zero-order valence-corrected chi connectivity index (χ0v) is 18.5. The maximum Gasteiger partial charge on any atom is 0.265 e. The average molecular weight is 451 g/mol. The number of carbonyl (C=O) groups excluding carboxylic acids is 1. The zero-order valence-electron chi connectivity index (χ0n) is 17.7. The molecule has 0 aliphatic carbocycles. The summed E-state index contributed by atoms with van der Waals surface area (Å²) in [6, 6.07) is 16.0. The molecule has 3 heterocycles. The number of fused-ring (bicyclic) bond motifs is 1. The average Bonchev–Trinajstić information content (AvgIpc) is 3.37. The normalized spacial score (nSPS) is 14.7. The number of benzene rings is 2. The Balaban J connectivity index is 1.31. The van der Waals surface area contributed by atoms with Crippen LogP contribution in [0.1, 0.15) is 20.9 Å². The fourth-order valence-electron chi connectivity index (χ4n) is 3.82. The lowest BCUT2D eigenvalue weighted by Gasteiger charge is -2.26. The Morgan fingerprint density at radius 2 is 1.84 bits per heavy atom. The van der Waals surface area contributed by atoms with E-state index in [2.05, 4.69) is 15.3 Å². The molecule has 0 unspecified atom stereocenters. The third-order valence-electron chi connectivity index (χ3n) is 5.56. The van der Waals surface area contributed by atoms with Gasteiger partial charge < -0.3 is 10.1 Å². The van der Waals surface area contributed by atoms with Crippen molar-refractivity contribution in [3.63, 3.8) is 0 Å². The van der Waals surface area contributed by atoms with E-state index in [1.165, 1.54) is 29.0 Å². The Morgan fingerprint density at radius 3 is 2.56 bits per heavy atom. The van der Waals surface area contributed by atoms with Gasteiger partial charge in [-0.1, -0.05) is 12.1 Å². The van der Waals surface area contributed by atoms with Crippen molar-refractivity contribution in [2.24, 2.45) is 0 Å². The van der Waals surface area contributed by atoms with Gasteiger partial charge in [0.2, 0.25) is 0 Å². The van der Waals surface area contributed by atoms with Crippen molar-refractivity contribution in [1.29, 1.82) is 0 Å². The number of aryl methyl sites for hydroxylation is 1. The summed E-state index contributed by atoms with van der Waals surface area (Å²) < 4.78 is 20.4. The summed E-state index contributed by atoms with van der Waals surface area (Å²) in [5.74, 6) is -0.451. The number of carbonyl (C=O) groups is 1. The van der Waals surface area contributed by atoms with E-state index in [9.17, 15) is 9.18 Å².